The number of benzene rings is 2. The molecule has 1 heteroatoms. The van der Waals surface area contributed by atoms with Crippen LogP contribution in [0.3, 0.4) is 0 Å². The van der Waals surface area contributed by atoms with Crippen LogP contribution in [0.5, 0.6) is 0 Å². The summed E-state index contributed by atoms with van der Waals surface area (Å²) in [5.41, 5.74) is 1.36. The Morgan fingerprint density at radius 1 is 0.786 bits per heavy atom. The molecule has 0 aliphatic heterocycles. The summed E-state index contributed by atoms with van der Waals surface area (Å²) in [7, 11) is 0. The number of rotatable bonds is 2. The summed E-state index contributed by atoms with van der Waals surface area (Å²) in [6, 6.07) is 19.6. The summed E-state index contributed by atoms with van der Waals surface area (Å²) in [4.78, 5) is 0. The third-order valence-electron chi connectivity index (χ3n) is 1.93. The Morgan fingerprint density at radius 3 is 2.21 bits per heavy atom. The zero-order valence-electron chi connectivity index (χ0n) is 8.07. The lowest BCUT2D eigenvalue weighted by Gasteiger charge is -1.89. The molecule has 0 spiro atoms. The molecule has 0 aromatic heterocycles. The van der Waals surface area contributed by atoms with Crippen molar-refractivity contribution in [1.82, 2.24) is 0 Å². The van der Waals surface area contributed by atoms with Crippen molar-refractivity contribution in [1.29, 1.82) is 0 Å². The van der Waals surface area contributed by atoms with E-state index in [0.717, 1.165) is 0 Å². The predicted molar refractivity (Wildman–Crippen MR) is 55.0 cm³/mol. The van der Waals surface area contributed by atoms with Crippen LogP contribution in [0.1, 0.15) is 5.56 Å². The number of hydrogen-bond donors (Lipinski definition) is 0. The first-order valence-corrected chi connectivity index (χ1v) is 6.77. The first kappa shape index (κ1) is 9.71. The van der Waals surface area contributed by atoms with Gasteiger partial charge in [0.05, 0.1) is 0 Å². The third-order valence-corrected chi connectivity index (χ3v) is 4.57. The molecule has 0 N–H and O–H groups in total. The van der Waals surface area contributed by atoms with Crippen LogP contribution >= 0.6 is 0 Å². The molecule has 0 atom stereocenters. The second kappa shape index (κ2) is 4.60. The summed E-state index contributed by atoms with van der Waals surface area (Å²) >= 11 is 0.0119. The molecule has 0 heterocycles. The fourth-order valence-corrected chi connectivity index (χ4v) is 3.80. The predicted octanol–water partition coefficient (Wildman–Crippen LogP) is 0.123. The number of halogens is 1. The van der Waals surface area contributed by atoms with E-state index in [0.29, 0.717) is 0 Å². The van der Waals surface area contributed by atoms with Gasteiger partial charge in [-0.2, -0.15) is 0 Å². The van der Waals surface area contributed by atoms with Crippen LogP contribution in [0.15, 0.2) is 54.6 Å². The highest BCUT2D eigenvalue weighted by Crippen LogP contribution is 1.93. The Morgan fingerprint density at radius 2 is 1.50 bits per heavy atom. The zero-order valence-corrected chi connectivity index (χ0v) is 10.2. The lowest BCUT2D eigenvalue weighted by Crippen LogP contribution is -3.61. The van der Waals surface area contributed by atoms with E-state index in [1.54, 1.807) is 0 Å². The fourth-order valence-electron chi connectivity index (χ4n) is 1.27. The average molecular weight is 295 g/mol. The van der Waals surface area contributed by atoms with Crippen molar-refractivity contribution in [3.63, 3.8) is 0 Å². The van der Waals surface area contributed by atoms with Gasteiger partial charge in [-0.3, -0.25) is 0 Å². The Balaban J connectivity index is 2.19. The van der Waals surface area contributed by atoms with E-state index in [-0.39, 0.29) is 21.2 Å². The van der Waals surface area contributed by atoms with Gasteiger partial charge >= 0.3 is 21.2 Å². The molecule has 0 bridgehead atoms. The van der Waals surface area contributed by atoms with Gasteiger partial charge in [0.2, 0.25) is 0 Å². The quantitative estimate of drug-likeness (QED) is 0.691. The van der Waals surface area contributed by atoms with Crippen molar-refractivity contribution in [2.45, 2.75) is 6.92 Å². The zero-order chi connectivity index (χ0) is 9.80. The Bertz CT molecular complexity index is 407. The highest BCUT2D eigenvalue weighted by molar-refractivity contribution is 5.12. The first-order valence-electron chi connectivity index (χ1n) is 4.61. The van der Waals surface area contributed by atoms with E-state index < -0.39 is 0 Å². The van der Waals surface area contributed by atoms with Gasteiger partial charge in [-0.15, -0.1) is 0 Å². The number of hydrogen-bond acceptors (Lipinski definition) is 0. The summed E-state index contributed by atoms with van der Waals surface area (Å²) in [6.07, 6.45) is 0. The molecule has 0 saturated heterocycles. The van der Waals surface area contributed by atoms with Crippen molar-refractivity contribution < 1.29 is 21.2 Å². The molecule has 0 amide bonds. The van der Waals surface area contributed by atoms with Gasteiger partial charge in [-0.05, 0) is 36.8 Å². The minimum atomic E-state index is 0.0119. The molecule has 0 fully saturated rings. The SMILES string of the molecule is Cc1cccc([I+]c2ccccc2)c1. The second-order valence-electron chi connectivity index (χ2n) is 3.19. The smallest absolute Gasteiger partial charge is 0.0619 e. The molecule has 2 aromatic carbocycles. The lowest BCUT2D eigenvalue weighted by atomic mass is 10.2. The number of aryl methyl sites for hydroxylation is 1. The molecule has 0 radical (unpaired) electrons. The summed E-state index contributed by atoms with van der Waals surface area (Å²) in [5.74, 6) is 0. The summed E-state index contributed by atoms with van der Waals surface area (Å²) in [6.45, 7) is 2.15. The molecule has 14 heavy (non-hydrogen) atoms. The summed E-state index contributed by atoms with van der Waals surface area (Å²) < 4.78 is 2.98. The molecular weight excluding hydrogens is 283 g/mol. The van der Waals surface area contributed by atoms with Crippen molar-refractivity contribution in [2.75, 3.05) is 0 Å². The molecule has 2 aromatic rings. The van der Waals surface area contributed by atoms with Crippen molar-refractivity contribution >= 4 is 0 Å². The first-order chi connectivity index (χ1) is 6.84. The largest absolute Gasteiger partial charge is 0.357 e. The molecule has 0 aliphatic carbocycles. The van der Waals surface area contributed by atoms with Crippen molar-refractivity contribution in [3.8, 4) is 0 Å². The van der Waals surface area contributed by atoms with Gasteiger partial charge in [-0.25, -0.2) is 0 Å². The molecule has 0 unspecified atom stereocenters. The van der Waals surface area contributed by atoms with Crippen LogP contribution in [0.25, 0.3) is 0 Å². The maximum Gasteiger partial charge on any atom is 0.357 e. The average Bonchev–Trinajstić information content (AvgIpc) is 2.19. The summed E-state index contributed by atoms with van der Waals surface area (Å²) in [5, 5.41) is 0. The van der Waals surface area contributed by atoms with Gasteiger partial charge in [0, 0.05) is 0 Å². The minimum Gasteiger partial charge on any atom is -0.0619 e. The fraction of sp³-hybridized carbons (Fsp3) is 0.0769. The molecule has 0 aliphatic rings. The van der Waals surface area contributed by atoms with Gasteiger partial charge in [0.25, 0.3) is 0 Å². The van der Waals surface area contributed by atoms with E-state index in [2.05, 4.69) is 61.5 Å². The van der Waals surface area contributed by atoms with Crippen molar-refractivity contribution in [3.05, 3.63) is 67.3 Å². The molecule has 0 saturated carbocycles. The van der Waals surface area contributed by atoms with E-state index in [1.807, 2.05) is 0 Å². The maximum atomic E-state index is 2.29. The Kier molecular flexibility index (Phi) is 3.19. The van der Waals surface area contributed by atoms with Crippen LogP contribution in [-0.2, 0) is 0 Å². The second-order valence-corrected chi connectivity index (χ2v) is 6.22. The van der Waals surface area contributed by atoms with Crippen LogP contribution in [0, 0.1) is 14.1 Å². The van der Waals surface area contributed by atoms with Gasteiger partial charge in [0.15, 0.2) is 7.14 Å². The molecule has 2 rings (SSSR count). The van der Waals surface area contributed by atoms with E-state index in [9.17, 15) is 0 Å². The van der Waals surface area contributed by atoms with E-state index in [4.69, 9.17) is 0 Å². The topological polar surface area (TPSA) is 0 Å². The van der Waals surface area contributed by atoms with Crippen molar-refractivity contribution in [2.24, 2.45) is 0 Å². The van der Waals surface area contributed by atoms with Gasteiger partial charge in [0.1, 0.15) is 0 Å². The van der Waals surface area contributed by atoms with Crippen LogP contribution in [0.4, 0.5) is 0 Å². The standard InChI is InChI=1S/C13H12I/c1-11-6-5-9-13(10-11)14-12-7-3-2-4-8-12/h2-10H,1H3/q+1. The molecule has 0 nitrogen and oxygen atoms in total. The lowest BCUT2D eigenvalue weighted by molar-refractivity contribution is -0.597. The Labute approximate surface area is 95.2 Å². The monoisotopic (exact) mass is 295 g/mol. The van der Waals surface area contributed by atoms with Crippen LogP contribution < -0.4 is 21.2 Å². The van der Waals surface area contributed by atoms with E-state index in [1.165, 1.54) is 12.7 Å². The highest BCUT2D eigenvalue weighted by Gasteiger charge is 2.13. The highest BCUT2D eigenvalue weighted by atomic mass is 127. The van der Waals surface area contributed by atoms with Crippen LogP contribution in [-0.4, -0.2) is 0 Å². The van der Waals surface area contributed by atoms with Gasteiger partial charge < -0.3 is 0 Å². The molecular formula is C13H12I+. The minimum absolute atomic E-state index is 0.0119. The van der Waals surface area contributed by atoms with Gasteiger partial charge in [-0.1, -0.05) is 30.3 Å². The third kappa shape index (κ3) is 2.58. The molecule has 70 valence electrons. The Hall–Kier alpha value is -0.830. The van der Waals surface area contributed by atoms with Crippen LogP contribution in [0.2, 0.25) is 0 Å². The normalized spacial score (nSPS) is 10.1. The maximum absolute atomic E-state index is 2.29. The van der Waals surface area contributed by atoms with E-state index >= 15 is 0 Å².